The largest absolute Gasteiger partial charge is 0.373 e. The highest BCUT2D eigenvalue weighted by molar-refractivity contribution is 6.29. The summed E-state index contributed by atoms with van der Waals surface area (Å²) in [5.74, 6) is 0.829. The first-order chi connectivity index (χ1) is 11.3. The lowest BCUT2D eigenvalue weighted by atomic mass is 10.1. The molecule has 120 valence electrons. The highest BCUT2D eigenvalue weighted by atomic mass is 35.5. The number of anilines is 1. The minimum atomic E-state index is 0.216. The van der Waals surface area contributed by atoms with Gasteiger partial charge in [-0.05, 0) is 5.56 Å². The van der Waals surface area contributed by atoms with Crippen molar-refractivity contribution < 1.29 is 4.74 Å². The number of nitrogens with zero attached hydrogens (tertiary/aromatic N) is 4. The van der Waals surface area contributed by atoms with E-state index in [0.29, 0.717) is 11.2 Å². The lowest BCUT2D eigenvalue weighted by Crippen LogP contribution is -2.50. The minimum Gasteiger partial charge on any atom is -0.373 e. The number of ether oxygens (including phenoxy) is 1. The maximum atomic E-state index is 5.99. The van der Waals surface area contributed by atoms with Crippen molar-refractivity contribution in [2.24, 2.45) is 0 Å². The first kappa shape index (κ1) is 14.9. The number of rotatable bonds is 3. The Balaban J connectivity index is 1.50. The Kier molecular flexibility index (Phi) is 4.16. The predicted octanol–water partition coefficient (Wildman–Crippen LogP) is 2.22. The van der Waals surface area contributed by atoms with Gasteiger partial charge in [-0.2, -0.15) is 0 Å². The summed E-state index contributed by atoms with van der Waals surface area (Å²) in [7, 11) is 0. The summed E-state index contributed by atoms with van der Waals surface area (Å²) >= 11 is 5.97. The van der Waals surface area contributed by atoms with E-state index in [1.54, 1.807) is 12.4 Å². The van der Waals surface area contributed by atoms with Crippen LogP contribution in [0.5, 0.6) is 0 Å². The summed E-state index contributed by atoms with van der Waals surface area (Å²) in [6, 6.07) is 11.0. The fourth-order valence-corrected chi connectivity index (χ4v) is 3.59. The molecular formula is C17H19ClN4O. The molecule has 0 aliphatic carbocycles. The van der Waals surface area contributed by atoms with Gasteiger partial charge in [0.1, 0.15) is 11.0 Å². The van der Waals surface area contributed by atoms with Gasteiger partial charge in [0.2, 0.25) is 0 Å². The highest BCUT2D eigenvalue weighted by Crippen LogP contribution is 2.27. The monoisotopic (exact) mass is 330 g/mol. The van der Waals surface area contributed by atoms with E-state index in [-0.39, 0.29) is 6.10 Å². The Bertz CT molecular complexity index is 669. The molecule has 2 aromatic rings. The Labute approximate surface area is 140 Å². The van der Waals surface area contributed by atoms with Crippen molar-refractivity contribution in [3.05, 3.63) is 53.4 Å². The van der Waals surface area contributed by atoms with E-state index in [9.17, 15) is 0 Å². The number of benzene rings is 1. The van der Waals surface area contributed by atoms with Gasteiger partial charge < -0.3 is 9.64 Å². The topological polar surface area (TPSA) is 41.5 Å². The van der Waals surface area contributed by atoms with Crippen LogP contribution in [-0.2, 0) is 11.3 Å². The summed E-state index contributed by atoms with van der Waals surface area (Å²) in [4.78, 5) is 13.3. The molecular weight excluding hydrogens is 312 g/mol. The molecule has 1 aromatic carbocycles. The molecule has 0 spiro atoms. The second-order valence-electron chi connectivity index (χ2n) is 6.04. The standard InChI is InChI=1S/C17H19ClN4O/c18-16-8-19-9-17(20-16)22-11-14-15(12-22)23-7-6-21(14)10-13-4-2-1-3-5-13/h1-5,8-9,14-15H,6-7,10-12H2. The van der Waals surface area contributed by atoms with Crippen LogP contribution in [0.2, 0.25) is 5.15 Å². The molecule has 1 aromatic heterocycles. The van der Waals surface area contributed by atoms with Gasteiger partial charge in [-0.3, -0.25) is 9.88 Å². The number of hydrogen-bond donors (Lipinski definition) is 0. The van der Waals surface area contributed by atoms with E-state index in [1.165, 1.54) is 5.56 Å². The van der Waals surface area contributed by atoms with Crippen LogP contribution in [0.1, 0.15) is 5.56 Å². The fourth-order valence-electron chi connectivity index (χ4n) is 3.44. The van der Waals surface area contributed by atoms with Gasteiger partial charge in [-0.1, -0.05) is 41.9 Å². The molecule has 0 saturated carbocycles. The number of aromatic nitrogens is 2. The van der Waals surface area contributed by atoms with Crippen LogP contribution >= 0.6 is 11.6 Å². The van der Waals surface area contributed by atoms with Gasteiger partial charge in [0.15, 0.2) is 0 Å². The third-order valence-corrected chi connectivity index (χ3v) is 4.74. The van der Waals surface area contributed by atoms with Crippen LogP contribution in [0.25, 0.3) is 0 Å². The van der Waals surface area contributed by atoms with Crippen molar-refractivity contribution in [2.45, 2.75) is 18.7 Å². The van der Waals surface area contributed by atoms with Gasteiger partial charge in [0.25, 0.3) is 0 Å². The molecule has 2 aliphatic heterocycles. The average molecular weight is 331 g/mol. The Hall–Kier alpha value is -1.69. The lowest BCUT2D eigenvalue weighted by molar-refractivity contribution is -0.0499. The molecule has 2 unspecified atom stereocenters. The lowest BCUT2D eigenvalue weighted by Gasteiger charge is -2.36. The third-order valence-electron chi connectivity index (χ3n) is 4.56. The first-order valence-electron chi connectivity index (χ1n) is 7.92. The van der Waals surface area contributed by atoms with Crippen molar-refractivity contribution in [2.75, 3.05) is 31.1 Å². The number of hydrogen-bond acceptors (Lipinski definition) is 5. The van der Waals surface area contributed by atoms with E-state index in [4.69, 9.17) is 16.3 Å². The molecule has 5 nitrogen and oxygen atoms in total. The molecule has 0 N–H and O–H groups in total. The van der Waals surface area contributed by atoms with E-state index in [0.717, 1.165) is 38.6 Å². The Morgan fingerprint density at radius 2 is 2.04 bits per heavy atom. The number of morpholine rings is 1. The van der Waals surface area contributed by atoms with Crippen LogP contribution in [0.15, 0.2) is 42.7 Å². The van der Waals surface area contributed by atoms with E-state index in [2.05, 4.69) is 50.1 Å². The fraction of sp³-hybridized carbons (Fsp3) is 0.412. The van der Waals surface area contributed by atoms with Crippen LogP contribution in [-0.4, -0.2) is 53.3 Å². The smallest absolute Gasteiger partial charge is 0.149 e. The van der Waals surface area contributed by atoms with Crippen molar-refractivity contribution in [1.82, 2.24) is 14.9 Å². The molecule has 0 bridgehead atoms. The molecule has 2 saturated heterocycles. The van der Waals surface area contributed by atoms with Crippen LogP contribution in [0, 0.1) is 0 Å². The molecule has 4 rings (SSSR count). The van der Waals surface area contributed by atoms with Gasteiger partial charge in [0, 0.05) is 26.2 Å². The molecule has 0 radical (unpaired) electrons. The highest BCUT2D eigenvalue weighted by Gasteiger charge is 2.40. The Morgan fingerprint density at radius 1 is 1.17 bits per heavy atom. The number of fused-ring (bicyclic) bond motifs is 1. The summed E-state index contributed by atoms with van der Waals surface area (Å²) in [6.07, 6.45) is 3.55. The first-order valence-corrected chi connectivity index (χ1v) is 8.29. The average Bonchev–Trinajstić information content (AvgIpc) is 3.01. The second-order valence-corrected chi connectivity index (χ2v) is 6.42. The second kappa shape index (κ2) is 6.43. The third kappa shape index (κ3) is 3.17. The van der Waals surface area contributed by atoms with Crippen LogP contribution in [0.3, 0.4) is 0 Å². The van der Waals surface area contributed by atoms with E-state index < -0.39 is 0 Å². The Morgan fingerprint density at radius 3 is 2.87 bits per heavy atom. The predicted molar refractivity (Wildman–Crippen MR) is 89.6 cm³/mol. The molecule has 2 aliphatic rings. The summed E-state index contributed by atoms with van der Waals surface area (Å²) in [6.45, 7) is 4.44. The van der Waals surface area contributed by atoms with E-state index in [1.807, 2.05) is 0 Å². The zero-order chi connectivity index (χ0) is 15.6. The molecule has 23 heavy (non-hydrogen) atoms. The maximum absolute atomic E-state index is 5.99. The van der Waals surface area contributed by atoms with Crippen LogP contribution < -0.4 is 4.90 Å². The molecule has 6 heteroatoms. The van der Waals surface area contributed by atoms with Gasteiger partial charge in [-0.15, -0.1) is 0 Å². The summed E-state index contributed by atoms with van der Waals surface area (Å²) in [5, 5.41) is 0.430. The zero-order valence-corrected chi connectivity index (χ0v) is 13.6. The van der Waals surface area contributed by atoms with Gasteiger partial charge >= 0.3 is 0 Å². The van der Waals surface area contributed by atoms with Gasteiger partial charge in [-0.25, -0.2) is 4.98 Å². The van der Waals surface area contributed by atoms with Crippen molar-refractivity contribution >= 4 is 17.4 Å². The van der Waals surface area contributed by atoms with E-state index >= 15 is 0 Å². The quantitative estimate of drug-likeness (QED) is 0.863. The van der Waals surface area contributed by atoms with Crippen molar-refractivity contribution in [3.8, 4) is 0 Å². The number of halogens is 1. The zero-order valence-electron chi connectivity index (χ0n) is 12.8. The van der Waals surface area contributed by atoms with Gasteiger partial charge in [0.05, 0.1) is 31.1 Å². The summed E-state index contributed by atoms with van der Waals surface area (Å²) in [5.41, 5.74) is 1.34. The molecule has 2 atom stereocenters. The maximum Gasteiger partial charge on any atom is 0.149 e. The molecule has 2 fully saturated rings. The van der Waals surface area contributed by atoms with Crippen LogP contribution in [0.4, 0.5) is 5.82 Å². The normalized spacial score (nSPS) is 24.7. The summed E-state index contributed by atoms with van der Waals surface area (Å²) < 4.78 is 5.99. The minimum absolute atomic E-state index is 0.216. The molecule has 0 amide bonds. The molecule has 3 heterocycles. The van der Waals surface area contributed by atoms with Crippen molar-refractivity contribution in [3.63, 3.8) is 0 Å². The van der Waals surface area contributed by atoms with Crippen molar-refractivity contribution in [1.29, 1.82) is 0 Å². The SMILES string of the molecule is Clc1cncc(N2CC3OCCN(Cc4ccccc4)C3C2)n1.